The van der Waals surface area contributed by atoms with Gasteiger partial charge in [-0.15, -0.1) is 0 Å². The minimum Gasteiger partial charge on any atom is -0.345 e. The average molecular weight is 181 g/mol. The summed E-state index contributed by atoms with van der Waals surface area (Å²) in [6.45, 7) is 8.37. The molecular formula is C10H19N3. The van der Waals surface area contributed by atoms with Crippen molar-refractivity contribution in [3.8, 4) is 0 Å². The fraction of sp³-hybridized carbons (Fsp3) is 0.700. The third-order valence-corrected chi connectivity index (χ3v) is 2.25. The van der Waals surface area contributed by atoms with Crippen molar-refractivity contribution < 1.29 is 0 Å². The fourth-order valence-electron chi connectivity index (χ4n) is 1.60. The molecule has 3 nitrogen and oxygen atoms in total. The van der Waals surface area contributed by atoms with E-state index in [0.29, 0.717) is 0 Å². The van der Waals surface area contributed by atoms with Crippen LogP contribution < -0.4 is 4.90 Å². The molecule has 1 aliphatic rings. The Morgan fingerprint density at radius 1 is 1.31 bits per heavy atom. The van der Waals surface area contributed by atoms with Gasteiger partial charge in [-0.05, 0) is 13.3 Å². The smallest absolute Gasteiger partial charge is 0.205 e. The first kappa shape index (κ1) is 10.1. The Balaban J connectivity index is 0.000000396. The number of hydrogen-bond donors (Lipinski definition) is 0. The first-order valence-corrected chi connectivity index (χ1v) is 5.02. The van der Waals surface area contributed by atoms with Crippen LogP contribution >= 0.6 is 0 Å². The zero-order valence-corrected chi connectivity index (χ0v) is 9.04. The van der Waals surface area contributed by atoms with Crippen LogP contribution in [0, 0.1) is 6.92 Å². The van der Waals surface area contributed by atoms with Crippen LogP contribution in [0.15, 0.2) is 6.20 Å². The molecule has 0 unspecified atom stereocenters. The predicted molar refractivity (Wildman–Crippen MR) is 56.2 cm³/mol. The number of aromatic nitrogens is 2. The number of aryl methyl sites for hydroxylation is 1. The lowest BCUT2D eigenvalue weighted by Crippen LogP contribution is -2.28. The third-order valence-electron chi connectivity index (χ3n) is 2.25. The molecule has 0 N–H and O–H groups in total. The van der Waals surface area contributed by atoms with E-state index in [0.717, 1.165) is 19.0 Å². The van der Waals surface area contributed by atoms with Gasteiger partial charge >= 0.3 is 0 Å². The van der Waals surface area contributed by atoms with Crippen LogP contribution in [-0.2, 0) is 6.54 Å². The second-order valence-corrected chi connectivity index (χ2v) is 3.13. The second-order valence-electron chi connectivity index (χ2n) is 3.13. The highest BCUT2D eigenvalue weighted by atomic mass is 15.3. The van der Waals surface area contributed by atoms with E-state index in [4.69, 9.17) is 0 Å². The van der Waals surface area contributed by atoms with Crippen LogP contribution in [0.4, 0.5) is 5.95 Å². The van der Waals surface area contributed by atoms with Gasteiger partial charge in [0.15, 0.2) is 0 Å². The minimum absolute atomic E-state index is 1.12. The van der Waals surface area contributed by atoms with Crippen LogP contribution in [0.2, 0.25) is 0 Å². The van der Waals surface area contributed by atoms with Gasteiger partial charge in [-0.25, -0.2) is 4.98 Å². The Morgan fingerprint density at radius 2 is 2.00 bits per heavy atom. The van der Waals surface area contributed by atoms with E-state index in [2.05, 4.69) is 28.4 Å². The first-order valence-electron chi connectivity index (χ1n) is 5.02. The maximum absolute atomic E-state index is 4.33. The van der Waals surface area contributed by atoms with Crippen molar-refractivity contribution in [1.82, 2.24) is 9.55 Å². The molecule has 0 amide bonds. The van der Waals surface area contributed by atoms with Gasteiger partial charge in [-0.2, -0.15) is 0 Å². The van der Waals surface area contributed by atoms with Gasteiger partial charge < -0.3 is 9.47 Å². The molecular weight excluding hydrogens is 162 g/mol. The molecule has 2 rings (SSSR count). The largest absolute Gasteiger partial charge is 0.345 e. The van der Waals surface area contributed by atoms with E-state index in [1.807, 2.05) is 20.0 Å². The Labute approximate surface area is 80.4 Å². The van der Waals surface area contributed by atoms with Gasteiger partial charge in [-0.3, -0.25) is 0 Å². The molecule has 0 aliphatic carbocycles. The van der Waals surface area contributed by atoms with Crippen molar-refractivity contribution in [3.63, 3.8) is 0 Å². The highest BCUT2D eigenvalue weighted by Gasteiger charge is 2.15. The van der Waals surface area contributed by atoms with Gasteiger partial charge in [-0.1, -0.05) is 13.8 Å². The summed E-state index contributed by atoms with van der Waals surface area (Å²) >= 11 is 0. The molecule has 13 heavy (non-hydrogen) atoms. The topological polar surface area (TPSA) is 21.1 Å². The zero-order valence-electron chi connectivity index (χ0n) is 9.04. The maximum Gasteiger partial charge on any atom is 0.205 e. The van der Waals surface area contributed by atoms with Gasteiger partial charge in [0.25, 0.3) is 0 Å². The van der Waals surface area contributed by atoms with Gasteiger partial charge in [0.1, 0.15) is 0 Å². The predicted octanol–water partition coefficient (Wildman–Crippen LogP) is 2.06. The maximum atomic E-state index is 4.33. The lowest BCUT2D eigenvalue weighted by molar-refractivity contribution is 0.570. The van der Waals surface area contributed by atoms with Crippen molar-refractivity contribution in [2.45, 2.75) is 33.7 Å². The number of hydrogen-bond acceptors (Lipinski definition) is 2. The standard InChI is InChI=1S/C8H13N3.C2H6/c1-7-6-9-8-10(2)4-3-5-11(7)8;1-2/h6H,3-5H2,1-2H3;1-2H3. The quantitative estimate of drug-likeness (QED) is 0.611. The van der Waals surface area contributed by atoms with Crippen LogP contribution in [0.5, 0.6) is 0 Å². The molecule has 0 aromatic carbocycles. The summed E-state index contributed by atoms with van der Waals surface area (Å²) in [6.07, 6.45) is 3.18. The molecule has 3 heteroatoms. The van der Waals surface area contributed by atoms with Crippen LogP contribution in [0.25, 0.3) is 0 Å². The Hall–Kier alpha value is -0.990. The summed E-state index contributed by atoms with van der Waals surface area (Å²) < 4.78 is 2.27. The summed E-state index contributed by atoms with van der Waals surface area (Å²) in [4.78, 5) is 6.53. The molecule has 1 aromatic heterocycles. The van der Waals surface area contributed by atoms with E-state index in [1.54, 1.807) is 0 Å². The summed E-state index contributed by atoms with van der Waals surface area (Å²) in [5.74, 6) is 1.12. The number of nitrogens with zero attached hydrogens (tertiary/aromatic N) is 3. The van der Waals surface area contributed by atoms with Crippen molar-refractivity contribution >= 4 is 5.95 Å². The Kier molecular flexibility index (Phi) is 3.34. The Bertz CT molecular complexity index is 265. The average Bonchev–Trinajstić information content (AvgIpc) is 2.53. The third kappa shape index (κ3) is 1.85. The molecule has 2 heterocycles. The van der Waals surface area contributed by atoms with Gasteiger partial charge in [0.05, 0.1) is 6.20 Å². The van der Waals surface area contributed by atoms with Crippen LogP contribution in [0.3, 0.4) is 0 Å². The molecule has 74 valence electrons. The lowest BCUT2D eigenvalue weighted by Gasteiger charge is -2.25. The highest BCUT2D eigenvalue weighted by Crippen LogP contribution is 2.18. The fourth-order valence-corrected chi connectivity index (χ4v) is 1.60. The molecule has 1 aliphatic heterocycles. The van der Waals surface area contributed by atoms with Crippen molar-refractivity contribution in [3.05, 3.63) is 11.9 Å². The van der Waals surface area contributed by atoms with Crippen molar-refractivity contribution in [2.75, 3.05) is 18.5 Å². The normalized spacial score (nSPS) is 14.6. The lowest BCUT2D eigenvalue weighted by atomic mass is 10.3. The Morgan fingerprint density at radius 3 is 2.62 bits per heavy atom. The van der Waals surface area contributed by atoms with E-state index >= 15 is 0 Å². The molecule has 0 atom stereocenters. The SMILES string of the molecule is CC.Cc1cnc2n1CCCN2C. The molecule has 0 fully saturated rings. The number of fused-ring (bicyclic) bond motifs is 1. The molecule has 0 radical (unpaired) electrons. The van der Waals surface area contributed by atoms with E-state index in [9.17, 15) is 0 Å². The van der Waals surface area contributed by atoms with Gasteiger partial charge in [0, 0.05) is 25.8 Å². The summed E-state index contributed by atoms with van der Waals surface area (Å²) in [5, 5.41) is 0. The van der Waals surface area contributed by atoms with Gasteiger partial charge in [0.2, 0.25) is 5.95 Å². The van der Waals surface area contributed by atoms with Crippen molar-refractivity contribution in [2.24, 2.45) is 0 Å². The van der Waals surface area contributed by atoms with E-state index in [-0.39, 0.29) is 0 Å². The van der Waals surface area contributed by atoms with Crippen LogP contribution in [-0.4, -0.2) is 23.1 Å². The zero-order chi connectivity index (χ0) is 9.84. The summed E-state index contributed by atoms with van der Waals surface area (Å²) in [7, 11) is 2.09. The second kappa shape index (κ2) is 4.30. The number of rotatable bonds is 0. The summed E-state index contributed by atoms with van der Waals surface area (Å²) in [5.41, 5.74) is 1.27. The summed E-state index contributed by atoms with van der Waals surface area (Å²) in [6, 6.07) is 0. The van der Waals surface area contributed by atoms with E-state index < -0.39 is 0 Å². The first-order chi connectivity index (χ1) is 6.29. The number of anilines is 1. The molecule has 0 spiro atoms. The molecule has 0 saturated carbocycles. The molecule has 1 aromatic rings. The van der Waals surface area contributed by atoms with Crippen LogP contribution in [0.1, 0.15) is 26.0 Å². The van der Waals surface area contributed by atoms with E-state index in [1.165, 1.54) is 12.1 Å². The highest BCUT2D eigenvalue weighted by molar-refractivity contribution is 5.33. The number of imidazole rings is 1. The molecule has 0 bridgehead atoms. The monoisotopic (exact) mass is 181 g/mol. The van der Waals surface area contributed by atoms with Crippen molar-refractivity contribution in [1.29, 1.82) is 0 Å². The molecule has 0 saturated heterocycles. The minimum atomic E-state index is 1.12.